The van der Waals surface area contributed by atoms with Gasteiger partial charge in [-0.05, 0) is 116 Å². The van der Waals surface area contributed by atoms with Crippen LogP contribution in [-0.4, -0.2) is 48.5 Å². The van der Waals surface area contributed by atoms with Gasteiger partial charge in [-0.2, -0.15) is 0 Å². The average Bonchev–Trinajstić information content (AvgIpc) is 3.24. The van der Waals surface area contributed by atoms with E-state index in [2.05, 4.69) is 25.8 Å². The van der Waals surface area contributed by atoms with Crippen molar-refractivity contribution in [3.8, 4) is 0 Å². The lowest BCUT2D eigenvalue weighted by Crippen LogP contribution is -2.62. The first-order valence-electron chi connectivity index (χ1n) is 15.0. The summed E-state index contributed by atoms with van der Waals surface area (Å²) < 4.78 is 31.9. The molecule has 10 atom stereocenters. The molecule has 0 radical (unpaired) electrons. The minimum Gasteiger partial charge on any atom is -0.449 e. The summed E-state index contributed by atoms with van der Waals surface area (Å²) in [6, 6.07) is 2.65. The fourth-order valence-corrected chi connectivity index (χ4v) is 10.6. The molecule has 5 rings (SSSR count). The number of nitrogens with zero attached hydrogens (tertiary/aromatic N) is 1. The second-order valence-corrected chi connectivity index (χ2v) is 15.0. The van der Waals surface area contributed by atoms with Gasteiger partial charge in [0.25, 0.3) is 10.0 Å². The van der Waals surface area contributed by atoms with E-state index < -0.39 is 16.1 Å². The molecule has 0 aliphatic heterocycles. The number of fused-ring (bicyclic) bond motifs is 5. The van der Waals surface area contributed by atoms with Gasteiger partial charge in [0, 0.05) is 12.4 Å². The maximum Gasteiger partial charge on any atom is 0.421 e. The number of hydrogen-bond acceptors (Lipinski definition) is 7. The van der Waals surface area contributed by atoms with Gasteiger partial charge in [0.05, 0.1) is 23.7 Å². The predicted molar refractivity (Wildman–Crippen MR) is 147 cm³/mol. The lowest BCUT2D eigenvalue weighted by atomic mass is 9.41. The van der Waals surface area contributed by atoms with E-state index in [0.29, 0.717) is 36.0 Å². The number of nitrogens with one attached hydrogen (secondary N) is 1. The van der Waals surface area contributed by atoms with Gasteiger partial charge in [-0.1, -0.05) is 27.2 Å². The van der Waals surface area contributed by atoms with Crippen molar-refractivity contribution < 1.29 is 28.2 Å². The molecule has 3 N–H and O–H groups in total. The molecule has 8 nitrogen and oxygen atoms in total. The molecular weight excluding hydrogens is 516 g/mol. The van der Waals surface area contributed by atoms with Crippen LogP contribution >= 0.6 is 0 Å². The molecule has 4 fully saturated rings. The van der Waals surface area contributed by atoms with Crippen LogP contribution in [0.4, 0.5) is 4.79 Å². The molecule has 4 saturated carbocycles. The molecule has 39 heavy (non-hydrogen) atoms. The Morgan fingerprint density at radius 2 is 1.74 bits per heavy atom. The molecule has 0 unspecified atom stereocenters. The van der Waals surface area contributed by atoms with Crippen molar-refractivity contribution >= 4 is 16.1 Å². The zero-order valence-electron chi connectivity index (χ0n) is 23.6. The summed E-state index contributed by atoms with van der Waals surface area (Å²) in [6.07, 6.45) is 11.1. The summed E-state index contributed by atoms with van der Waals surface area (Å²) >= 11 is 0. The van der Waals surface area contributed by atoms with E-state index in [4.69, 9.17) is 4.74 Å². The smallest absolute Gasteiger partial charge is 0.421 e. The number of ether oxygens (including phenoxy) is 1. The van der Waals surface area contributed by atoms with Crippen molar-refractivity contribution in [1.82, 2.24) is 9.71 Å². The fourth-order valence-electron chi connectivity index (χ4n) is 9.75. The molecule has 0 bridgehead atoms. The summed E-state index contributed by atoms with van der Waals surface area (Å²) in [7, 11) is -3.98. The Labute approximate surface area is 233 Å². The van der Waals surface area contributed by atoms with Crippen LogP contribution in [0.1, 0.15) is 85.0 Å². The molecule has 1 aromatic heterocycles. The molecule has 9 heteroatoms. The molecule has 218 valence electrons. The number of carbonyl (C=O) groups is 1. The predicted octanol–water partition coefficient (Wildman–Crippen LogP) is 4.90. The number of rotatable bonds is 7. The normalized spacial score (nSPS) is 41.7. The summed E-state index contributed by atoms with van der Waals surface area (Å²) in [5, 5.41) is 22.3. The van der Waals surface area contributed by atoms with Crippen LogP contribution in [0, 0.1) is 46.3 Å². The molecule has 1 amide bonds. The molecule has 4 aliphatic carbocycles. The summed E-state index contributed by atoms with van der Waals surface area (Å²) in [6.45, 7) is 7.26. The first-order valence-corrected chi connectivity index (χ1v) is 16.5. The van der Waals surface area contributed by atoms with E-state index in [1.165, 1.54) is 24.5 Å². The molecule has 0 spiro atoms. The van der Waals surface area contributed by atoms with Crippen LogP contribution in [0.5, 0.6) is 0 Å². The van der Waals surface area contributed by atoms with E-state index >= 15 is 0 Å². The highest BCUT2D eigenvalue weighted by Gasteiger charge is 2.64. The Morgan fingerprint density at radius 1 is 1.05 bits per heavy atom. The highest BCUT2D eigenvalue weighted by Crippen LogP contribution is 2.69. The van der Waals surface area contributed by atoms with Crippen LogP contribution in [0.25, 0.3) is 0 Å². The van der Waals surface area contributed by atoms with E-state index in [-0.39, 0.29) is 40.5 Å². The highest BCUT2D eigenvalue weighted by atomic mass is 32.2. The molecule has 0 aromatic carbocycles. The number of hydrogen-bond donors (Lipinski definition) is 3. The number of amides is 1. The molecule has 4 aliphatic rings. The van der Waals surface area contributed by atoms with Crippen LogP contribution in [-0.2, 0) is 14.8 Å². The monoisotopic (exact) mass is 562 g/mol. The molecule has 1 heterocycles. The van der Waals surface area contributed by atoms with Crippen molar-refractivity contribution in [1.29, 1.82) is 0 Å². The van der Waals surface area contributed by atoms with Gasteiger partial charge in [-0.3, -0.25) is 4.98 Å². The van der Waals surface area contributed by atoms with Gasteiger partial charge in [0.1, 0.15) is 0 Å². The molecule has 0 saturated heterocycles. The Hall–Kier alpha value is -1.71. The lowest BCUT2D eigenvalue weighted by Gasteiger charge is -2.64. The molecule has 1 aromatic rings. The largest absolute Gasteiger partial charge is 0.449 e. The molecular formula is C30H46N2O6S. The SMILES string of the molecule is CC[C@H]1[C@@H](O)[C@@H]2[C@H](CC[C@]3(C)[C@@H](CCCOC(=O)NS(=O)(=O)c4ccncc4)CC[C@@H]23)[C@@]2(C)CC[C@@H](O)C[C@@H]12. The van der Waals surface area contributed by atoms with Gasteiger partial charge in [-0.15, -0.1) is 0 Å². The first kappa shape index (κ1) is 28.8. The van der Waals surface area contributed by atoms with Gasteiger partial charge < -0.3 is 14.9 Å². The van der Waals surface area contributed by atoms with E-state index in [0.717, 1.165) is 57.8 Å². The number of pyridine rings is 1. The standard InChI is InChI=1S/C30H46N2O6S/c1-4-22-25-18-20(33)9-13-30(25,3)24-10-14-29(2)19(7-8-23(29)26(24)27(22)34)6-5-17-38-28(35)32-39(36,37)21-11-15-31-16-12-21/h11-12,15-16,19-20,22-27,33-34H,4-10,13-14,17-18H2,1-3H3,(H,32,35)/t19-,20+,22+,23-,24-,25-,26-,27+,29+,30+/m0/s1. The Morgan fingerprint density at radius 3 is 2.46 bits per heavy atom. The fraction of sp³-hybridized carbons (Fsp3) is 0.800. The van der Waals surface area contributed by atoms with E-state index in [1.54, 1.807) is 0 Å². The number of aliphatic hydroxyl groups excluding tert-OH is 2. The third-order valence-electron chi connectivity index (χ3n) is 11.7. The zero-order valence-corrected chi connectivity index (χ0v) is 24.4. The van der Waals surface area contributed by atoms with Gasteiger partial charge in [0.2, 0.25) is 0 Å². The quantitative estimate of drug-likeness (QED) is 0.404. The maximum absolute atomic E-state index is 12.3. The lowest BCUT2D eigenvalue weighted by molar-refractivity contribution is -0.202. The summed E-state index contributed by atoms with van der Waals surface area (Å²) in [5.74, 6) is 2.47. The zero-order chi connectivity index (χ0) is 28.0. The van der Waals surface area contributed by atoms with Crippen molar-refractivity contribution in [3.05, 3.63) is 24.5 Å². The van der Waals surface area contributed by atoms with Gasteiger partial charge in [0.15, 0.2) is 0 Å². The third kappa shape index (κ3) is 5.12. The minimum atomic E-state index is -3.98. The van der Waals surface area contributed by atoms with Crippen LogP contribution < -0.4 is 4.72 Å². The number of aromatic nitrogens is 1. The third-order valence-corrected chi connectivity index (χ3v) is 13.0. The number of sulfonamides is 1. The van der Waals surface area contributed by atoms with Gasteiger partial charge >= 0.3 is 6.09 Å². The minimum absolute atomic E-state index is 0.0326. The van der Waals surface area contributed by atoms with Crippen LogP contribution in [0.2, 0.25) is 0 Å². The number of aliphatic hydroxyl groups is 2. The first-order chi connectivity index (χ1) is 18.5. The Kier molecular flexibility index (Phi) is 8.08. The van der Waals surface area contributed by atoms with E-state index in [9.17, 15) is 23.4 Å². The van der Waals surface area contributed by atoms with Crippen molar-refractivity contribution in [2.45, 2.75) is 102 Å². The summed E-state index contributed by atoms with van der Waals surface area (Å²) in [4.78, 5) is 15.9. The van der Waals surface area contributed by atoms with Crippen molar-refractivity contribution in [2.24, 2.45) is 46.3 Å². The number of carbonyl (C=O) groups excluding carboxylic acids is 1. The topological polar surface area (TPSA) is 126 Å². The van der Waals surface area contributed by atoms with Crippen molar-refractivity contribution in [3.63, 3.8) is 0 Å². The summed E-state index contributed by atoms with van der Waals surface area (Å²) in [5.41, 5.74) is 0.353. The van der Waals surface area contributed by atoms with E-state index in [1.807, 2.05) is 4.72 Å². The van der Waals surface area contributed by atoms with Crippen LogP contribution in [0.15, 0.2) is 29.4 Å². The van der Waals surface area contributed by atoms with Crippen molar-refractivity contribution in [2.75, 3.05) is 6.61 Å². The van der Waals surface area contributed by atoms with Gasteiger partial charge in [-0.25, -0.2) is 17.9 Å². The Bertz CT molecular complexity index is 1130. The average molecular weight is 563 g/mol. The maximum atomic E-state index is 12.3. The second-order valence-electron chi connectivity index (χ2n) is 13.3. The second kappa shape index (κ2) is 10.9. The Balaban J connectivity index is 1.19. The highest BCUT2D eigenvalue weighted by molar-refractivity contribution is 7.90. The van der Waals surface area contributed by atoms with Crippen LogP contribution in [0.3, 0.4) is 0 Å².